The Kier molecular flexibility index (Phi) is 5.91. The van der Waals surface area contributed by atoms with E-state index in [-0.39, 0.29) is 19.1 Å². The van der Waals surface area contributed by atoms with Crippen molar-refractivity contribution < 1.29 is 17.9 Å². The molecule has 0 heterocycles. The standard InChI is InChI=1S/C12H15ClF3NO/c13-11-3-1-2-9(5-11)4-10(6-17)7-18-8-12(14,15)16/h1-3,5,10H,4,6-8,17H2. The van der Waals surface area contributed by atoms with Crippen LogP contribution in [0.3, 0.4) is 0 Å². The number of benzene rings is 1. The van der Waals surface area contributed by atoms with Crippen molar-refractivity contribution in [2.45, 2.75) is 12.6 Å². The molecule has 1 rings (SSSR count). The Labute approximate surface area is 109 Å². The molecule has 0 spiro atoms. The molecule has 0 saturated heterocycles. The summed E-state index contributed by atoms with van der Waals surface area (Å²) in [6, 6.07) is 7.16. The van der Waals surface area contributed by atoms with Crippen molar-refractivity contribution in [1.29, 1.82) is 0 Å². The van der Waals surface area contributed by atoms with Crippen LogP contribution in [-0.2, 0) is 11.2 Å². The van der Waals surface area contributed by atoms with E-state index in [0.717, 1.165) is 5.56 Å². The molecule has 0 aliphatic carbocycles. The van der Waals surface area contributed by atoms with Crippen molar-refractivity contribution in [3.05, 3.63) is 34.9 Å². The van der Waals surface area contributed by atoms with Crippen LogP contribution in [0.15, 0.2) is 24.3 Å². The van der Waals surface area contributed by atoms with E-state index in [0.29, 0.717) is 11.4 Å². The zero-order valence-electron chi connectivity index (χ0n) is 9.71. The quantitative estimate of drug-likeness (QED) is 0.870. The summed E-state index contributed by atoms with van der Waals surface area (Å²) in [6.45, 7) is -0.980. The fourth-order valence-electron chi connectivity index (χ4n) is 1.55. The summed E-state index contributed by atoms with van der Waals surface area (Å²) >= 11 is 5.82. The fourth-order valence-corrected chi connectivity index (χ4v) is 1.76. The van der Waals surface area contributed by atoms with Gasteiger partial charge >= 0.3 is 6.18 Å². The van der Waals surface area contributed by atoms with Gasteiger partial charge in [0.05, 0.1) is 6.61 Å². The van der Waals surface area contributed by atoms with Crippen molar-refractivity contribution in [1.82, 2.24) is 0 Å². The Hall–Kier alpha value is -0.780. The van der Waals surface area contributed by atoms with Gasteiger partial charge in [0, 0.05) is 5.02 Å². The SMILES string of the molecule is NCC(COCC(F)(F)F)Cc1cccc(Cl)c1. The molecule has 0 amide bonds. The predicted molar refractivity (Wildman–Crippen MR) is 64.6 cm³/mol. The minimum Gasteiger partial charge on any atom is -0.372 e. The fraction of sp³-hybridized carbons (Fsp3) is 0.500. The van der Waals surface area contributed by atoms with E-state index in [9.17, 15) is 13.2 Å². The largest absolute Gasteiger partial charge is 0.411 e. The molecule has 1 atom stereocenters. The molecule has 1 aromatic carbocycles. The van der Waals surface area contributed by atoms with E-state index in [1.807, 2.05) is 6.07 Å². The molecule has 18 heavy (non-hydrogen) atoms. The van der Waals surface area contributed by atoms with Gasteiger partial charge in [0.2, 0.25) is 0 Å². The zero-order valence-corrected chi connectivity index (χ0v) is 10.5. The minimum atomic E-state index is -4.30. The van der Waals surface area contributed by atoms with Gasteiger partial charge in [-0.15, -0.1) is 0 Å². The molecule has 0 aliphatic rings. The van der Waals surface area contributed by atoms with E-state index >= 15 is 0 Å². The molecule has 1 unspecified atom stereocenters. The Morgan fingerprint density at radius 1 is 1.33 bits per heavy atom. The molecular weight excluding hydrogens is 267 g/mol. The maximum Gasteiger partial charge on any atom is 0.411 e. The van der Waals surface area contributed by atoms with Crippen molar-refractivity contribution in [2.75, 3.05) is 19.8 Å². The summed E-state index contributed by atoms with van der Waals surface area (Å²) in [5, 5.41) is 0.597. The molecule has 0 saturated carbocycles. The first-order valence-corrected chi connectivity index (χ1v) is 5.87. The first-order chi connectivity index (χ1) is 8.40. The first-order valence-electron chi connectivity index (χ1n) is 5.49. The lowest BCUT2D eigenvalue weighted by Crippen LogP contribution is -2.25. The highest BCUT2D eigenvalue weighted by Gasteiger charge is 2.27. The number of hydrogen-bond acceptors (Lipinski definition) is 2. The lowest BCUT2D eigenvalue weighted by Gasteiger charge is -2.16. The van der Waals surface area contributed by atoms with Crippen LogP contribution >= 0.6 is 11.6 Å². The molecular formula is C12H15ClF3NO. The topological polar surface area (TPSA) is 35.2 Å². The normalized spacial score (nSPS) is 13.6. The molecule has 0 radical (unpaired) electrons. The minimum absolute atomic E-state index is 0.0114. The number of hydrogen-bond donors (Lipinski definition) is 1. The number of rotatable bonds is 6. The van der Waals surface area contributed by atoms with Crippen molar-refractivity contribution in [3.8, 4) is 0 Å². The van der Waals surface area contributed by atoms with E-state index in [1.54, 1.807) is 18.2 Å². The molecule has 2 nitrogen and oxygen atoms in total. The van der Waals surface area contributed by atoms with Crippen molar-refractivity contribution in [3.63, 3.8) is 0 Å². The second-order valence-corrected chi connectivity index (χ2v) is 4.50. The highest BCUT2D eigenvalue weighted by atomic mass is 35.5. The van der Waals surface area contributed by atoms with Crippen LogP contribution in [-0.4, -0.2) is 25.9 Å². The zero-order chi connectivity index (χ0) is 13.6. The van der Waals surface area contributed by atoms with Gasteiger partial charge in [-0.25, -0.2) is 0 Å². The predicted octanol–water partition coefficient (Wildman–Crippen LogP) is 3.04. The highest BCUT2D eigenvalue weighted by Crippen LogP contribution is 2.17. The number of nitrogens with two attached hydrogens (primary N) is 1. The highest BCUT2D eigenvalue weighted by molar-refractivity contribution is 6.30. The molecule has 0 fully saturated rings. The molecule has 2 N–H and O–H groups in total. The summed E-state index contributed by atoms with van der Waals surface area (Å²) in [5.41, 5.74) is 6.45. The third-order valence-corrected chi connectivity index (χ3v) is 2.60. The van der Waals surface area contributed by atoms with Crippen LogP contribution in [0.2, 0.25) is 5.02 Å². The average Bonchev–Trinajstić information content (AvgIpc) is 2.26. The smallest absolute Gasteiger partial charge is 0.372 e. The van der Waals surface area contributed by atoms with Crippen LogP contribution in [0.25, 0.3) is 0 Å². The summed E-state index contributed by atoms with van der Waals surface area (Å²) in [7, 11) is 0. The van der Waals surface area contributed by atoms with Gasteiger partial charge in [-0.05, 0) is 36.6 Å². The van der Waals surface area contributed by atoms with Gasteiger partial charge in [0.25, 0.3) is 0 Å². The van der Waals surface area contributed by atoms with Gasteiger partial charge in [0.1, 0.15) is 6.61 Å². The lowest BCUT2D eigenvalue weighted by atomic mass is 10.0. The Bertz CT molecular complexity index is 371. The van der Waals surface area contributed by atoms with Gasteiger partial charge < -0.3 is 10.5 Å². The molecule has 102 valence electrons. The van der Waals surface area contributed by atoms with E-state index in [2.05, 4.69) is 4.74 Å². The van der Waals surface area contributed by atoms with Gasteiger partial charge in [-0.3, -0.25) is 0 Å². The average molecular weight is 282 g/mol. The molecule has 1 aromatic rings. The van der Waals surface area contributed by atoms with Gasteiger partial charge in [-0.2, -0.15) is 13.2 Å². The molecule has 0 aromatic heterocycles. The van der Waals surface area contributed by atoms with Gasteiger partial charge in [-0.1, -0.05) is 23.7 Å². The molecule has 6 heteroatoms. The summed E-state index contributed by atoms with van der Waals surface area (Å²) in [6.07, 6.45) is -3.75. The van der Waals surface area contributed by atoms with E-state index in [4.69, 9.17) is 17.3 Å². The van der Waals surface area contributed by atoms with Crippen LogP contribution in [0.5, 0.6) is 0 Å². The molecule has 0 bridgehead atoms. The van der Waals surface area contributed by atoms with E-state index in [1.165, 1.54) is 0 Å². The maximum atomic E-state index is 11.9. The Morgan fingerprint density at radius 3 is 2.61 bits per heavy atom. The van der Waals surface area contributed by atoms with Crippen molar-refractivity contribution in [2.24, 2.45) is 11.7 Å². The van der Waals surface area contributed by atoms with Crippen LogP contribution < -0.4 is 5.73 Å². The third kappa shape index (κ3) is 6.23. The molecule has 0 aliphatic heterocycles. The Morgan fingerprint density at radius 2 is 2.06 bits per heavy atom. The first kappa shape index (κ1) is 15.3. The van der Waals surface area contributed by atoms with Crippen LogP contribution in [0, 0.1) is 5.92 Å². The lowest BCUT2D eigenvalue weighted by molar-refractivity contribution is -0.176. The number of halogens is 4. The van der Waals surface area contributed by atoms with Gasteiger partial charge in [0.15, 0.2) is 0 Å². The number of ether oxygens (including phenoxy) is 1. The summed E-state index contributed by atoms with van der Waals surface area (Å²) in [5.74, 6) is -0.147. The van der Waals surface area contributed by atoms with Crippen molar-refractivity contribution >= 4 is 11.6 Å². The third-order valence-electron chi connectivity index (χ3n) is 2.37. The second kappa shape index (κ2) is 6.97. The maximum absolute atomic E-state index is 11.9. The van der Waals surface area contributed by atoms with Crippen LogP contribution in [0.1, 0.15) is 5.56 Å². The Balaban J connectivity index is 2.42. The monoisotopic (exact) mass is 281 g/mol. The van der Waals surface area contributed by atoms with Crippen LogP contribution in [0.4, 0.5) is 13.2 Å². The van der Waals surface area contributed by atoms with E-state index < -0.39 is 12.8 Å². The summed E-state index contributed by atoms with van der Waals surface area (Å²) < 4.78 is 40.4. The second-order valence-electron chi connectivity index (χ2n) is 4.07. The number of alkyl halides is 3. The summed E-state index contributed by atoms with van der Waals surface area (Å²) in [4.78, 5) is 0.